The van der Waals surface area contributed by atoms with Gasteiger partial charge in [0.15, 0.2) is 5.69 Å². The molecule has 0 spiro atoms. The zero-order chi connectivity index (χ0) is 13.1. The molecule has 0 radical (unpaired) electrons. The largest absolute Gasteiger partial charge is 0.505 e. The van der Waals surface area contributed by atoms with Crippen LogP contribution in [0.15, 0.2) is 18.3 Å². The molecule has 1 aromatic heterocycles. The van der Waals surface area contributed by atoms with Gasteiger partial charge in [0.05, 0.1) is 0 Å². The molecule has 18 heavy (non-hydrogen) atoms. The van der Waals surface area contributed by atoms with Crippen LogP contribution in [0.5, 0.6) is 5.75 Å². The number of carboxylic acid groups (broad SMARTS) is 1. The lowest BCUT2D eigenvalue weighted by molar-refractivity contribution is -0.143. The molecule has 1 aromatic rings. The summed E-state index contributed by atoms with van der Waals surface area (Å²) in [5, 5.41) is 18.7. The second-order valence-corrected chi connectivity index (χ2v) is 4.22. The van der Waals surface area contributed by atoms with E-state index in [1.165, 1.54) is 23.2 Å². The van der Waals surface area contributed by atoms with Crippen molar-refractivity contribution in [3.8, 4) is 5.75 Å². The molecule has 6 nitrogen and oxygen atoms in total. The van der Waals surface area contributed by atoms with Gasteiger partial charge in [-0.1, -0.05) is 0 Å². The Morgan fingerprint density at radius 3 is 2.83 bits per heavy atom. The number of carboxylic acids is 1. The predicted molar refractivity (Wildman–Crippen MR) is 62.2 cm³/mol. The maximum atomic E-state index is 12.2. The van der Waals surface area contributed by atoms with E-state index < -0.39 is 17.9 Å². The van der Waals surface area contributed by atoms with Crippen molar-refractivity contribution in [3.63, 3.8) is 0 Å². The summed E-state index contributed by atoms with van der Waals surface area (Å²) in [5.41, 5.74) is -0.0920. The first-order chi connectivity index (χ1) is 8.61. The molecule has 0 aromatic carbocycles. The molecule has 2 N–H and O–H groups in total. The van der Waals surface area contributed by atoms with Crippen LogP contribution < -0.4 is 0 Å². The average molecular weight is 250 g/mol. The van der Waals surface area contributed by atoms with E-state index in [1.807, 2.05) is 0 Å². The van der Waals surface area contributed by atoms with Crippen LogP contribution in [-0.2, 0) is 4.79 Å². The van der Waals surface area contributed by atoms with Crippen LogP contribution in [0.25, 0.3) is 0 Å². The normalized spacial score (nSPS) is 19.6. The molecule has 1 saturated heterocycles. The number of hydrogen-bond acceptors (Lipinski definition) is 4. The van der Waals surface area contributed by atoms with Crippen molar-refractivity contribution >= 4 is 11.9 Å². The number of carbonyl (C=O) groups excluding carboxylic acids is 1. The first-order valence-corrected chi connectivity index (χ1v) is 5.79. The van der Waals surface area contributed by atoms with Crippen LogP contribution in [-0.4, -0.2) is 44.6 Å². The Bertz CT molecular complexity index is 475. The Labute approximate surface area is 104 Å². The number of likely N-dealkylation sites (tertiary alicyclic amines) is 1. The van der Waals surface area contributed by atoms with Crippen LogP contribution in [0.2, 0.25) is 0 Å². The fourth-order valence-electron chi connectivity index (χ4n) is 2.13. The highest BCUT2D eigenvalue weighted by atomic mass is 16.4. The smallest absolute Gasteiger partial charge is 0.326 e. The van der Waals surface area contributed by atoms with Gasteiger partial charge in [-0.2, -0.15) is 0 Å². The monoisotopic (exact) mass is 250 g/mol. The number of piperidine rings is 1. The standard InChI is InChI=1S/C12H14N2O4/c15-9-5-3-6-13-10(9)11(16)14-7-2-1-4-8(14)12(17)18/h3,5-6,8,15H,1-2,4,7H2,(H,17,18). The SMILES string of the molecule is O=C(O)C1CCCCN1C(=O)c1ncccc1O. The summed E-state index contributed by atoms with van der Waals surface area (Å²) >= 11 is 0. The second kappa shape index (κ2) is 5.03. The molecule has 1 atom stereocenters. The summed E-state index contributed by atoms with van der Waals surface area (Å²) in [6.45, 7) is 0.381. The highest BCUT2D eigenvalue weighted by Gasteiger charge is 2.33. The Balaban J connectivity index is 2.27. The Hall–Kier alpha value is -2.11. The second-order valence-electron chi connectivity index (χ2n) is 4.22. The van der Waals surface area contributed by atoms with Crippen molar-refractivity contribution in [2.45, 2.75) is 25.3 Å². The van der Waals surface area contributed by atoms with E-state index in [9.17, 15) is 14.7 Å². The lowest BCUT2D eigenvalue weighted by Gasteiger charge is -2.32. The van der Waals surface area contributed by atoms with Crippen LogP contribution >= 0.6 is 0 Å². The number of nitrogens with zero attached hydrogens (tertiary/aromatic N) is 2. The third-order valence-electron chi connectivity index (χ3n) is 3.04. The van der Waals surface area contributed by atoms with Crippen molar-refractivity contribution in [2.24, 2.45) is 0 Å². The number of hydrogen-bond donors (Lipinski definition) is 2. The lowest BCUT2D eigenvalue weighted by atomic mass is 10.0. The number of carbonyl (C=O) groups is 2. The van der Waals surface area contributed by atoms with Crippen molar-refractivity contribution in [3.05, 3.63) is 24.0 Å². The van der Waals surface area contributed by atoms with Gasteiger partial charge in [0.2, 0.25) is 0 Å². The number of amides is 1. The average Bonchev–Trinajstić information content (AvgIpc) is 2.38. The molecule has 96 valence electrons. The van der Waals surface area contributed by atoms with Gasteiger partial charge in [-0.3, -0.25) is 4.79 Å². The number of aromatic nitrogens is 1. The van der Waals surface area contributed by atoms with Gasteiger partial charge in [0.1, 0.15) is 11.8 Å². The summed E-state index contributed by atoms with van der Waals surface area (Å²) in [6, 6.07) is 2.05. The molecule has 1 unspecified atom stereocenters. The molecule has 1 amide bonds. The van der Waals surface area contributed by atoms with E-state index in [4.69, 9.17) is 5.11 Å². The van der Waals surface area contributed by atoms with Crippen LogP contribution in [0.3, 0.4) is 0 Å². The summed E-state index contributed by atoms with van der Waals surface area (Å²) in [4.78, 5) is 28.4. The summed E-state index contributed by atoms with van der Waals surface area (Å²) in [5.74, 6) is -1.77. The Kier molecular flexibility index (Phi) is 3.45. The summed E-state index contributed by atoms with van der Waals surface area (Å²) in [6.07, 6.45) is 3.39. The van der Waals surface area contributed by atoms with E-state index in [-0.39, 0.29) is 11.4 Å². The molecule has 0 saturated carbocycles. The molecule has 2 rings (SSSR count). The van der Waals surface area contributed by atoms with Crippen molar-refractivity contribution < 1.29 is 19.8 Å². The molecule has 1 fully saturated rings. The number of aliphatic carboxylic acids is 1. The number of pyridine rings is 1. The fourth-order valence-corrected chi connectivity index (χ4v) is 2.13. The molecule has 6 heteroatoms. The van der Waals surface area contributed by atoms with Gasteiger partial charge in [0, 0.05) is 12.7 Å². The minimum Gasteiger partial charge on any atom is -0.505 e. The first-order valence-electron chi connectivity index (χ1n) is 5.79. The van der Waals surface area contributed by atoms with Crippen LogP contribution in [0.4, 0.5) is 0 Å². The molecule has 0 aliphatic carbocycles. The third-order valence-corrected chi connectivity index (χ3v) is 3.04. The first kappa shape index (κ1) is 12.3. The van der Waals surface area contributed by atoms with Gasteiger partial charge in [-0.25, -0.2) is 9.78 Å². The molecular formula is C12H14N2O4. The quantitative estimate of drug-likeness (QED) is 0.812. The van der Waals surface area contributed by atoms with Gasteiger partial charge in [0.25, 0.3) is 5.91 Å². The van der Waals surface area contributed by atoms with Crippen molar-refractivity contribution in [1.29, 1.82) is 0 Å². The third kappa shape index (κ3) is 2.27. The zero-order valence-corrected chi connectivity index (χ0v) is 9.74. The van der Waals surface area contributed by atoms with Crippen LogP contribution in [0.1, 0.15) is 29.8 Å². The van der Waals surface area contributed by atoms with Gasteiger partial charge >= 0.3 is 5.97 Å². The number of aromatic hydroxyl groups is 1. The maximum absolute atomic E-state index is 12.2. The molecular weight excluding hydrogens is 236 g/mol. The van der Waals surface area contributed by atoms with Gasteiger partial charge in [-0.15, -0.1) is 0 Å². The maximum Gasteiger partial charge on any atom is 0.326 e. The van der Waals surface area contributed by atoms with E-state index in [0.717, 1.165) is 12.8 Å². The Morgan fingerprint density at radius 2 is 2.17 bits per heavy atom. The molecule has 2 heterocycles. The highest BCUT2D eigenvalue weighted by Crippen LogP contribution is 2.22. The summed E-state index contributed by atoms with van der Waals surface area (Å²) in [7, 11) is 0. The molecule has 0 bridgehead atoms. The van der Waals surface area contributed by atoms with E-state index in [0.29, 0.717) is 13.0 Å². The van der Waals surface area contributed by atoms with E-state index in [2.05, 4.69) is 4.98 Å². The molecule has 1 aliphatic heterocycles. The minimum absolute atomic E-state index is 0.0920. The Morgan fingerprint density at radius 1 is 1.39 bits per heavy atom. The zero-order valence-electron chi connectivity index (χ0n) is 9.74. The molecule has 1 aliphatic rings. The topological polar surface area (TPSA) is 90.7 Å². The van der Waals surface area contributed by atoms with E-state index >= 15 is 0 Å². The van der Waals surface area contributed by atoms with Gasteiger partial charge in [-0.05, 0) is 31.4 Å². The highest BCUT2D eigenvalue weighted by molar-refractivity contribution is 5.97. The lowest BCUT2D eigenvalue weighted by Crippen LogP contribution is -2.48. The van der Waals surface area contributed by atoms with Crippen LogP contribution in [0, 0.1) is 0 Å². The predicted octanol–water partition coefficient (Wildman–Crippen LogP) is 0.866. The fraction of sp³-hybridized carbons (Fsp3) is 0.417. The summed E-state index contributed by atoms with van der Waals surface area (Å²) < 4.78 is 0. The van der Waals surface area contributed by atoms with Crippen molar-refractivity contribution in [2.75, 3.05) is 6.54 Å². The van der Waals surface area contributed by atoms with Crippen molar-refractivity contribution in [1.82, 2.24) is 9.88 Å². The van der Waals surface area contributed by atoms with E-state index in [1.54, 1.807) is 0 Å². The van der Waals surface area contributed by atoms with Gasteiger partial charge < -0.3 is 15.1 Å². The number of rotatable bonds is 2. The minimum atomic E-state index is -1.02.